The molecule has 1 aliphatic rings. The largest absolute Gasteiger partial charge is 0.352 e. The second-order valence-electron chi connectivity index (χ2n) is 6.11. The summed E-state index contributed by atoms with van der Waals surface area (Å²) in [5.74, 6) is -0.782. The zero-order valence-electron chi connectivity index (χ0n) is 14.2. The molecule has 1 saturated carbocycles. The van der Waals surface area contributed by atoms with Gasteiger partial charge in [-0.15, -0.1) is 0 Å². The molecule has 0 heterocycles. The lowest BCUT2D eigenvalue weighted by Crippen LogP contribution is -2.47. The second-order valence-corrected chi connectivity index (χ2v) is 6.11. The first-order chi connectivity index (χ1) is 11.0. The summed E-state index contributed by atoms with van der Waals surface area (Å²) < 4.78 is 0. The van der Waals surface area contributed by atoms with E-state index in [-0.39, 0.29) is 42.9 Å². The summed E-state index contributed by atoms with van der Waals surface area (Å²) in [6.07, 6.45) is 8.06. The van der Waals surface area contributed by atoms with E-state index in [4.69, 9.17) is 0 Å². The maximum absolute atomic E-state index is 11.9. The SMILES string of the molecule is CN[C@@H](C)C(=O)NCC(=O)NCC(=O)NC1CCCCCCC1. The fourth-order valence-corrected chi connectivity index (χ4v) is 2.57. The van der Waals surface area contributed by atoms with E-state index in [1.165, 1.54) is 19.3 Å². The molecule has 0 radical (unpaired) electrons. The Bertz CT molecular complexity index is 393. The lowest BCUT2D eigenvalue weighted by molar-refractivity contribution is -0.128. The number of carbonyl (C=O) groups excluding carboxylic acids is 3. The zero-order valence-corrected chi connectivity index (χ0v) is 14.2. The van der Waals surface area contributed by atoms with E-state index in [1.807, 2.05) is 0 Å². The van der Waals surface area contributed by atoms with Gasteiger partial charge < -0.3 is 21.3 Å². The smallest absolute Gasteiger partial charge is 0.239 e. The number of amides is 3. The Morgan fingerprint density at radius 2 is 1.48 bits per heavy atom. The molecule has 4 N–H and O–H groups in total. The van der Waals surface area contributed by atoms with Crippen LogP contribution in [0.4, 0.5) is 0 Å². The van der Waals surface area contributed by atoms with E-state index in [2.05, 4.69) is 21.3 Å². The Hall–Kier alpha value is -1.63. The summed E-state index contributed by atoms with van der Waals surface area (Å²) in [6, 6.07) is -0.138. The third kappa shape index (κ3) is 8.54. The van der Waals surface area contributed by atoms with E-state index < -0.39 is 0 Å². The van der Waals surface area contributed by atoms with Crippen molar-refractivity contribution in [3.05, 3.63) is 0 Å². The third-order valence-corrected chi connectivity index (χ3v) is 4.17. The summed E-state index contributed by atoms with van der Waals surface area (Å²) in [5, 5.41) is 10.8. The first-order valence-corrected chi connectivity index (χ1v) is 8.54. The molecule has 1 fully saturated rings. The number of rotatable bonds is 7. The molecule has 3 amide bonds. The van der Waals surface area contributed by atoms with Crippen LogP contribution in [-0.2, 0) is 14.4 Å². The minimum atomic E-state index is -0.366. The van der Waals surface area contributed by atoms with Gasteiger partial charge in [-0.2, -0.15) is 0 Å². The molecule has 1 rings (SSSR count). The second kappa shape index (κ2) is 11.0. The number of hydrogen-bond donors (Lipinski definition) is 4. The summed E-state index contributed by atoms with van der Waals surface area (Å²) in [6.45, 7) is 1.53. The van der Waals surface area contributed by atoms with Crippen molar-refractivity contribution in [1.82, 2.24) is 21.3 Å². The van der Waals surface area contributed by atoms with Crippen LogP contribution in [0.3, 0.4) is 0 Å². The van der Waals surface area contributed by atoms with Crippen LogP contribution in [0, 0.1) is 0 Å². The molecule has 1 aliphatic carbocycles. The summed E-state index contributed by atoms with van der Waals surface area (Å²) in [4.78, 5) is 35.0. The first-order valence-electron chi connectivity index (χ1n) is 8.54. The van der Waals surface area contributed by atoms with Crippen LogP contribution in [0.15, 0.2) is 0 Å². The number of hydrogen-bond acceptors (Lipinski definition) is 4. The highest BCUT2D eigenvalue weighted by Crippen LogP contribution is 2.16. The van der Waals surface area contributed by atoms with Crippen molar-refractivity contribution in [2.24, 2.45) is 0 Å². The number of nitrogens with one attached hydrogen (secondary N) is 4. The van der Waals surface area contributed by atoms with Gasteiger partial charge in [0.25, 0.3) is 0 Å². The van der Waals surface area contributed by atoms with Crippen LogP contribution in [0.25, 0.3) is 0 Å². The van der Waals surface area contributed by atoms with Crippen molar-refractivity contribution >= 4 is 17.7 Å². The molecule has 23 heavy (non-hydrogen) atoms. The number of carbonyl (C=O) groups is 3. The zero-order chi connectivity index (χ0) is 17.1. The maximum atomic E-state index is 11.9. The fourth-order valence-electron chi connectivity index (χ4n) is 2.57. The Morgan fingerprint density at radius 3 is 2.09 bits per heavy atom. The predicted octanol–water partition coefficient (Wildman–Crippen LogP) is 0.0558. The molecular formula is C16H30N4O3. The van der Waals surface area contributed by atoms with Crippen LogP contribution in [0.5, 0.6) is 0 Å². The normalized spacial score (nSPS) is 17.5. The average molecular weight is 326 g/mol. The van der Waals surface area contributed by atoms with E-state index in [0.717, 1.165) is 25.7 Å². The van der Waals surface area contributed by atoms with E-state index in [9.17, 15) is 14.4 Å². The van der Waals surface area contributed by atoms with Gasteiger partial charge in [0.05, 0.1) is 19.1 Å². The van der Waals surface area contributed by atoms with Crippen LogP contribution in [0.1, 0.15) is 51.9 Å². The summed E-state index contributed by atoms with van der Waals surface area (Å²) >= 11 is 0. The van der Waals surface area contributed by atoms with Crippen molar-refractivity contribution in [2.45, 2.75) is 64.0 Å². The summed E-state index contributed by atoms with van der Waals surface area (Å²) in [7, 11) is 1.67. The van der Waals surface area contributed by atoms with E-state index in [0.29, 0.717) is 0 Å². The fraction of sp³-hybridized carbons (Fsp3) is 0.812. The van der Waals surface area contributed by atoms with E-state index >= 15 is 0 Å². The topological polar surface area (TPSA) is 99.3 Å². The highest BCUT2D eigenvalue weighted by atomic mass is 16.2. The molecule has 0 bridgehead atoms. The molecular weight excluding hydrogens is 296 g/mol. The van der Waals surface area contributed by atoms with Gasteiger partial charge in [-0.3, -0.25) is 14.4 Å². The van der Waals surface area contributed by atoms with Crippen molar-refractivity contribution in [1.29, 1.82) is 0 Å². The Morgan fingerprint density at radius 1 is 0.913 bits per heavy atom. The molecule has 7 nitrogen and oxygen atoms in total. The van der Waals surface area contributed by atoms with Crippen molar-refractivity contribution < 1.29 is 14.4 Å². The van der Waals surface area contributed by atoms with Crippen LogP contribution < -0.4 is 21.3 Å². The molecule has 132 valence electrons. The van der Waals surface area contributed by atoms with Crippen molar-refractivity contribution in [3.63, 3.8) is 0 Å². The maximum Gasteiger partial charge on any atom is 0.239 e. The molecule has 0 saturated heterocycles. The predicted molar refractivity (Wildman–Crippen MR) is 88.8 cm³/mol. The molecule has 0 spiro atoms. The minimum absolute atomic E-state index is 0.0488. The number of likely N-dealkylation sites (N-methyl/N-ethyl adjacent to an activating group) is 1. The molecule has 0 aromatic heterocycles. The molecule has 1 atom stereocenters. The van der Waals surface area contributed by atoms with Gasteiger partial charge in [0.2, 0.25) is 17.7 Å². The van der Waals surface area contributed by atoms with Gasteiger partial charge in [-0.05, 0) is 26.8 Å². The highest BCUT2D eigenvalue weighted by molar-refractivity contribution is 5.89. The van der Waals surface area contributed by atoms with Crippen LogP contribution >= 0.6 is 0 Å². The average Bonchev–Trinajstić information content (AvgIpc) is 2.52. The molecule has 0 aromatic rings. The first kappa shape index (κ1) is 19.4. The Balaban J connectivity index is 2.18. The lowest BCUT2D eigenvalue weighted by atomic mass is 9.97. The standard InChI is InChI=1S/C16H30N4O3/c1-12(17-2)16(23)19-10-14(21)18-11-15(22)20-13-8-6-4-3-5-7-9-13/h12-13,17H,3-11H2,1-2H3,(H,18,21)(H,19,23)(H,20,22)/t12-/m0/s1. The van der Waals surface area contributed by atoms with Crippen LogP contribution in [0.2, 0.25) is 0 Å². The van der Waals surface area contributed by atoms with Crippen molar-refractivity contribution in [3.8, 4) is 0 Å². The van der Waals surface area contributed by atoms with Gasteiger partial charge in [-0.1, -0.05) is 32.1 Å². The van der Waals surface area contributed by atoms with Gasteiger partial charge in [0, 0.05) is 6.04 Å². The highest BCUT2D eigenvalue weighted by Gasteiger charge is 2.15. The quantitative estimate of drug-likeness (QED) is 0.531. The van der Waals surface area contributed by atoms with Gasteiger partial charge >= 0.3 is 0 Å². The van der Waals surface area contributed by atoms with Gasteiger partial charge in [0.1, 0.15) is 0 Å². The molecule has 7 heteroatoms. The minimum Gasteiger partial charge on any atom is -0.352 e. The molecule has 0 aromatic carbocycles. The Labute approximate surface area is 138 Å². The van der Waals surface area contributed by atoms with Gasteiger partial charge in [-0.25, -0.2) is 0 Å². The third-order valence-electron chi connectivity index (χ3n) is 4.17. The van der Waals surface area contributed by atoms with E-state index in [1.54, 1.807) is 14.0 Å². The van der Waals surface area contributed by atoms with Crippen LogP contribution in [-0.4, -0.2) is 49.9 Å². The van der Waals surface area contributed by atoms with Crippen molar-refractivity contribution in [2.75, 3.05) is 20.1 Å². The molecule has 0 aliphatic heterocycles. The lowest BCUT2D eigenvalue weighted by Gasteiger charge is -2.21. The summed E-state index contributed by atoms with van der Waals surface area (Å²) in [5.41, 5.74) is 0. The van der Waals surface area contributed by atoms with Gasteiger partial charge in [0.15, 0.2) is 0 Å². The molecule has 0 unspecified atom stereocenters. The Kier molecular flexibility index (Phi) is 9.28. The monoisotopic (exact) mass is 326 g/mol.